The maximum Gasteiger partial charge on any atom is 0.243 e. The summed E-state index contributed by atoms with van der Waals surface area (Å²) in [7, 11) is -3.49. The Morgan fingerprint density at radius 1 is 1.07 bits per heavy atom. The van der Waals surface area contributed by atoms with Crippen molar-refractivity contribution in [1.82, 2.24) is 9.21 Å². The first-order chi connectivity index (χ1) is 14.0. The van der Waals surface area contributed by atoms with E-state index in [0.717, 1.165) is 38.6 Å². The Hall–Kier alpha value is -1.44. The van der Waals surface area contributed by atoms with Gasteiger partial charge < -0.3 is 9.64 Å². The second-order valence-electron chi connectivity index (χ2n) is 8.47. The first-order valence-corrected chi connectivity index (χ1v) is 12.5. The lowest BCUT2D eigenvalue weighted by atomic mass is 9.95. The van der Waals surface area contributed by atoms with Crippen LogP contribution in [0.4, 0.5) is 0 Å². The Morgan fingerprint density at radius 3 is 2.59 bits per heavy atom. The topological polar surface area (TPSA) is 66.9 Å². The molecule has 1 atom stereocenters. The number of likely N-dealkylation sites (tertiary alicyclic amines) is 1. The summed E-state index contributed by atoms with van der Waals surface area (Å²) in [5.74, 6) is 0.0887. The van der Waals surface area contributed by atoms with E-state index >= 15 is 0 Å². The number of sulfonamides is 1. The number of amides is 1. The molecule has 3 aliphatic rings. The number of fused-ring (bicyclic) bond motifs is 1. The quantitative estimate of drug-likeness (QED) is 0.734. The molecular weight excluding hydrogens is 388 g/mol. The molecule has 0 spiro atoms. The Kier molecular flexibility index (Phi) is 6.27. The minimum Gasteiger partial charge on any atom is -0.377 e. The fourth-order valence-electron chi connectivity index (χ4n) is 4.97. The van der Waals surface area contributed by atoms with Crippen LogP contribution in [0.15, 0.2) is 23.1 Å². The molecule has 1 amide bonds. The molecule has 0 saturated carbocycles. The number of hydrogen-bond acceptors (Lipinski definition) is 4. The van der Waals surface area contributed by atoms with Crippen molar-refractivity contribution in [2.24, 2.45) is 5.92 Å². The third-order valence-corrected chi connectivity index (χ3v) is 8.50. The minimum absolute atomic E-state index is 0.0816. The molecule has 4 rings (SSSR count). The van der Waals surface area contributed by atoms with E-state index in [4.69, 9.17) is 4.74 Å². The number of benzene rings is 1. The van der Waals surface area contributed by atoms with Gasteiger partial charge in [0.1, 0.15) is 0 Å². The number of piperidine rings is 2. The molecule has 1 aromatic carbocycles. The summed E-state index contributed by atoms with van der Waals surface area (Å²) in [6.07, 6.45) is 6.43. The van der Waals surface area contributed by atoms with Crippen LogP contribution in [0.3, 0.4) is 0 Å². The molecule has 0 radical (unpaired) electrons. The summed E-state index contributed by atoms with van der Waals surface area (Å²) in [5, 5.41) is 0. The van der Waals surface area contributed by atoms with Crippen molar-refractivity contribution in [2.45, 2.75) is 62.9 Å². The van der Waals surface area contributed by atoms with Gasteiger partial charge in [-0.3, -0.25) is 4.79 Å². The number of hydrogen-bond donors (Lipinski definition) is 0. The predicted molar refractivity (Wildman–Crippen MR) is 111 cm³/mol. The van der Waals surface area contributed by atoms with Crippen LogP contribution in [-0.2, 0) is 32.4 Å². The Bertz CT molecular complexity index is 844. The van der Waals surface area contributed by atoms with Gasteiger partial charge in [0.2, 0.25) is 15.9 Å². The lowest BCUT2D eigenvalue weighted by Gasteiger charge is -2.37. The molecule has 0 bridgehead atoms. The summed E-state index contributed by atoms with van der Waals surface area (Å²) in [4.78, 5) is 15.3. The van der Waals surface area contributed by atoms with Crippen molar-refractivity contribution in [3.05, 3.63) is 29.3 Å². The number of carbonyl (C=O) groups is 1. The maximum absolute atomic E-state index is 13.1. The van der Waals surface area contributed by atoms with E-state index in [2.05, 4.69) is 0 Å². The number of aryl methyl sites for hydroxylation is 2. The average Bonchev–Trinajstić information content (AvgIpc) is 3.22. The number of ether oxygens (including phenoxy) is 1. The zero-order chi connectivity index (χ0) is 20.4. The molecular formula is C22H32N2O4S. The second kappa shape index (κ2) is 8.74. The van der Waals surface area contributed by atoms with Crippen LogP contribution in [0.1, 0.15) is 50.2 Å². The number of nitrogens with zero attached hydrogens (tertiary/aromatic N) is 2. The monoisotopic (exact) mass is 420 g/mol. The molecule has 0 N–H and O–H groups in total. The van der Waals surface area contributed by atoms with Gasteiger partial charge in [0.25, 0.3) is 0 Å². The predicted octanol–water partition coefficient (Wildman–Crippen LogP) is 2.60. The van der Waals surface area contributed by atoms with Gasteiger partial charge in [-0.25, -0.2) is 8.42 Å². The van der Waals surface area contributed by atoms with E-state index in [1.165, 1.54) is 11.1 Å². The molecule has 1 aromatic rings. The SMILES string of the molecule is CCOC1CCCN(C(=O)C2CCN(S(=O)(=O)c3ccc4c(c3)CCC4)CC2)C1. The van der Waals surface area contributed by atoms with E-state index in [1.54, 1.807) is 10.4 Å². The summed E-state index contributed by atoms with van der Waals surface area (Å²) >= 11 is 0. The maximum atomic E-state index is 13.1. The lowest BCUT2D eigenvalue weighted by Crippen LogP contribution is -2.48. The first-order valence-electron chi connectivity index (χ1n) is 11.0. The summed E-state index contributed by atoms with van der Waals surface area (Å²) in [5.41, 5.74) is 2.45. The van der Waals surface area contributed by atoms with Crippen LogP contribution in [0.5, 0.6) is 0 Å². The van der Waals surface area contributed by atoms with E-state index in [-0.39, 0.29) is 17.9 Å². The van der Waals surface area contributed by atoms with E-state index in [1.807, 2.05) is 24.0 Å². The van der Waals surface area contributed by atoms with Crippen molar-refractivity contribution in [1.29, 1.82) is 0 Å². The van der Waals surface area contributed by atoms with Gasteiger partial charge in [-0.15, -0.1) is 0 Å². The highest BCUT2D eigenvalue weighted by Gasteiger charge is 2.35. The van der Waals surface area contributed by atoms with Gasteiger partial charge in [0.15, 0.2) is 0 Å². The molecule has 2 aliphatic heterocycles. The molecule has 6 nitrogen and oxygen atoms in total. The zero-order valence-electron chi connectivity index (χ0n) is 17.3. The van der Waals surface area contributed by atoms with Crippen LogP contribution < -0.4 is 0 Å². The molecule has 2 heterocycles. The average molecular weight is 421 g/mol. The third kappa shape index (κ3) is 4.37. The lowest BCUT2D eigenvalue weighted by molar-refractivity contribution is -0.140. The highest BCUT2D eigenvalue weighted by molar-refractivity contribution is 7.89. The smallest absolute Gasteiger partial charge is 0.243 e. The fraction of sp³-hybridized carbons (Fsp3) is 0.682. The van der Waals surface area contributed by atoms with Gasteiger partial charge in [-0.05, 0) is 75.1 Å². The van der Waals surface area contributed by atoms with Gasteiger partial charge in [0.05, 0.1) is 11.0 Å². The van der Waals surface area contributed by atoms with Gasteiger partial charge >= 0.3 is 0 Å². The molecule has 29 heavy (non-hydrogen) atoms. The summed E-state index contributed by atoms with van der Waals surface area (Å²) < 4.78 is 33.5. The molecule has 2 fully saturated rings. The van der Waals surface area contributed by atoms with Crippen molar-refractivity contribution >= 4 is 15.9 Å². The van der Waals surface area contributed by atoms with E-state index in [9.17, 15) is 13.2 Å². The second-order valence-corrected chi connectivity index (χ2v) is 10.4. The Labute approximate surface area is 174 Å². The molecule has 2 saturated heterocycles. The summed E-state index contributed by atoms with van der Waals surface area (Å²) in [6.45, 7) is 4.94. The first kappa shape index (κ1) is 20.8. The van der Waals surface area contributed by atoms with Gasteiger partial charge in [0, 0.05) is 38.7 Å². The van der Waals surface area contributed by atoms with E-state index in [0.29, 0.717) is 44.0 Å². The Morgan fingerprint density at radius 2 is 1.83 bits per heavy atom. The van der Waals surface area contributed by atoms with Gasteiger partial charge in [-0.1, -0.05) is 6.07 Å². The van der Waals surface area contributed by atoms with Crippen molar-refractivity contribution in [3.63, 3.8) is 0 Å². The zero-order valence-corrected chi connectivity index (χ0v) is 18.1. The van der Waals surface area contributed by atoms with Crippen molar-refractivity contribution in [3.8, 4) is 0 Å². The van der Waals surface area contributed by atoms with Gasteiger partial charge in [-0.2, -0.15) is 4.31 Å². The minimum atomic E-state index is -3.49. The van der Waals surface area contributed by atoms with Crippen LogP contribution in [-0.4, -0.2) is 62.4 Å². The standard InChI is InChI=1S/C22H32N2O4S/c1-2-28-20-7-4-12-23(16-20)22(25)18-10-13-24(14-11-18)29(26,27)21-9-8-17-5-3-6-19(17)15-21/h8-9,15,18,20H,2-7,10-14,16H2,1H3. The van der Waals surface area contributed by atoms with E-state index < -0.39 is 10.0 Å². The largest absolute Gasteiger partial charge is 0.377 e. The Balaban J connectivity index is 1.37. The molecule has 160 valence electrons. The highest BCUT2D eigenvalue weighted by Crippen LogP contribution is 2.29. The number of carbonyl (C=O) groups excluding carboxylic acids is 1. The van der Waals surface area contributed by atoms with Crippen molar-refractivity contribution < 1.29 is 17.9 Å². The molecule has 1 aliphatic carbocycles. The molecule has 7 heteroatoms. The molecule has 0 aromatic heterocycles. The summed E-state index contributed by atoms with van der Waals surface area (Å²) in [6, 6.07) is 5.57. The highest BCUT2D eigenvalue weighted by atomic mass is 32.2. The fourth-order valence-corrected chi connectivity index (χ4v) is 6.49. The third-order valence-electron chi connectivity index (χ3n) is 6.60. The van der Waals surface area contributed by atoms with Crippen LogP contribution in [0, 0.1) is 5.92 Å². The van der Waals surface area contributed by atoms with Crippen molar-refractivity contribution in [2.75, 3.05) is 32.8 Å². The number of rotatable bonds is 5. The normalized spacial score (nSPS) is 23.9. The van der Waals surface area contributed by atoms with Crippen LogP contribution in [0.2, 0.25) is 0 Å². The van der Waals surface area contributed by atoms with Crippen LogP contribution in [0.25, 0.3) is 0 Å². The van der Waals surface area contributed by atoms with Crippen LogP contribution >= 0.6 is 0 Å². The molecule has 1 unspecified atom stereocenters.